The first kappa shape index (κ1) is 36.2. The van der Waals surface area contributed by atoms with Gasteiger partial charge in [0.1, 0.15) is 0 Å². The molecule has 0 aliphatic rings. The van der Waals surface area contributed by atoms with E-state index in [9.17, 15) is 0 Å². The molecule has 0 spiro atoms. The molecule has 0 atom stereocenters. The van der Waals surface area contributed by atoms with Gasteiger partial charge in [0.05, 0.1) is 0 Å². The van der Waals surface area contributed by atoms with Crippen molar-refractivity contribution < 1.29 is 23.3 Å². The first-order valence-corrected chi connectivity index (χ1v) is 19.2. The molecule has 228 valence electrons. The summed E-state index contributed by atoms with van der Waals surface area (Å²) in [6, 6.07) is 42.2. The average molecular weight is 680 g/mol. The fraction of sp³-hybridized carbons (Fsp3) is 0.163. The van der Waals surface area contributed by atoms with E-state index in [4.69, 9.17) is 0 Å². The van der Waals surface area contributed by atoms with Crippen molar-refractivity contribution in [2.45, 2.75) is 47.5 Å². The van der Waals surface area contributed by atoms with Gasteiger partial charge in [-0.05, 0) is 52.8 Å². The quantitative estimate of drug-likeness (QED) is 0.129. The van der Waals surface area contributed by atoms with Crippen LogP contribution < -0.4 is 0 Å². The van der Waals surface area contributed by atoms with E-state index in [1.807, 2.05) is 0 Å². The van der Waals surface area contributed by atoms with Gasteiger partial charge in [-0.15, -0.1) is 68.6 Å². The fourth-order valence-corrected chi connectivity index (χ4v) is 6.33. The van der Waals surface area contributed by atoms with Crippen molar-refractivity contribution in [2.24, 2.45) is 0 Å². The summed E-state index contributed by atoms with van der Waals surface area (Å²) < 4.78 is 0. The van der Waals surface area contributed by atoms with E-state index in [0.29, 0.717) is 5.92 Å². The SMILES string of the molecule is Cc1cc2c(-c3cccc4ccccc34)ccc(C)c2[cH-]1.Cc1cccc(C)c1-c1cccc2[cH-]c(C(C)C)cc12.[CH3-].[CH3-].[Si]=[Zr]. The van der Waals surface area contributed by atoms with Crippen LogP contribution in [0.15, 0.2) is 115 Å². The van der Waals surface area contributed by atoms with Crippen LogP contribution in [0.25, 0.3) is 54.6 Å². The molecule has 2 heteroatoms. The normalized spacial score (nSPS) is 10.4. The molecule has 0 bridgehead atoms. The van der Waals surface area contributed by atoms with Crippen molar-refractivity contribution in [3.05, 3.63) is 158 Å². The van der Waals surface area contributed by atoms with Gasteiger partial charge in [-0.1, -0.05) is 112 Å². The molecule has 0 unspecified atom stereocenters. The second kappa shape index (κ2) is 15.8. The van der Waals surface area contributed by atoms with Crippen LogP contribution in [-0.4, -0.2) is 6.88 Å². The van der Waals surface area contributed by atoms with Gasteiger partial charge >= 0.3 is 30.2 Å². The maximum atomic E-state index is 3.06. The Morgan fingerprint density at radius 3 is 1.87 bits per heavy atom. The Bertz CT molecular complexity index is 2010. The number of fused-ring (bicyclic) bond motifs is 3. The molecule has 0 nitrogen and oxygen atoms in total. The summed E-state index contributed by atoms with van der Waals surface area (Å²) in [6.07, 6.45) is 0. The van der Waals surface area contributed by atoms with Crippen molar-refractivity contribution in [2.75, 3.05) is 0 Å². The number of hydrogen-bond acceptors (Lipinski definition) is 0. The second-order valence-electron chi connectivity index (χ2n) is 11.8. The predicted molar refractivity (Wildman–Crippen MR) is 199 cm³/mol. The molecule has 7 aromatic rings. The Hall–Kier alpha value is -3.32. The summed E-state index contributed by atoms with van der Waals surface area (Å²) in [5.41, 5.74) is 12.2. The Balaban J connectivity index is 0.000000224. The zero-order valence-corrected chi connectivity index (χ0v) is 31.5. The van der Waals surface area contributed by atoms with Crippen molar-refractivity contribution in [3.8, 4) is 22.3 Å². The van der Waals surface area contributed by atoms with Crippen LogP contribution in [0.1, 0.15) is 47.6 Å². The molecule has 0 saturated carbocycles. The summed E-state index contributed by atoms with van der Waals surface area (Å²) in [5, 5.41) is 8.10. The standard InChI is InChI=1S/C21H17.C20H21.2CH3.Si.Zr/c1-14-12-20-15(2)10-11-19(21(20)13-14)18-9-5-7-16-6-3-4-8-17(16)18;1-13(2)17-11-16-9-6-10-18(19(16)12-17)20-14(3)7-5-8-15(20)4;;;;/h3-13H,1-2H3;5-13H,1-4H3;2*1H3;;/q4*-1;;. The molecule has 0 heterocycles. The summed E-state index contributed by atoms with van der Waals surface area (Å²) in [4.78, 5) is 0. The van der Waals surface area contributed by atoms with Crippen LogP contribution in [0.2, 0.25) is 0 Å². The topological polar surface area (TPSA) is 0 Å². The van der Waals surface area contributed by atoms with Gasteiger partial charge in [0.15, 0.2) is 0 Å². The summed E-state index contributed by atoms with van der Waals surface area (Å²) in [6.45, 7) is 16.3. The number of benzene rings is 5. The molecule has 45 heavy (non-hydrogen) atoms. The Kier molecular flexibility index (Phi) is 12.7. The average Bonchev–Trinajstić information content (AvgIpc) is 3.63. The van der Waals surface area contributed by atoms with Crippen LogP contribution >= 0.6 is 0 Å². The van der Waals surface area contributed by atoms with E-state index < -0.39 is 0 Å². The van der Waals surface area contributed by atoms with Gasteiger partial charge < -0.3 is 14.9 Å². The molecule has 0 aromatic heterocycles. The molecule has 0 aliphatic carbocycles. The molecule has 2 radical (unpaired) electrons. The van der Waals surface area contributed by atoms with Crippen molar-refractivity contribution in [1.29, 1.82) is 0 Å². The zero-order valence-electron chi connectivity index (χ0n) is 28.0. The van der Waals surface area contributed by atoms with Gasteiger partial charge in [-0.25, -0.2) is 0 Å². The first-order valence-electron chi connectivity index (χ1n) is 15.0. The second-order valence-corrected chi connectivity index (χ2v) is 11.8. The van der Waals surface area contributed by atoms with Crippen LogP contribution in [0.4, 0.5) is 0 Å². The van der Waals surface area contributed by atoms with Crippen LogP contribution in [0, 0.1) is 42.5 Å². The summed E-state index contributed by atoms with van der Waals surface area (Å²) >= 11 is 1.36. The minimum atomic E-state index is 0. The van der Waals surface area contributed by atoms with E-state index in [1.54, 1.807) is 0 Å². The van der Waals surface area contributed by atoms with Gasteiger partial charge in [-0.3, -0.25) is 0 Å². The first-order chi connectivity index (χ1) is 20.8. The van der Waals surface area contributed by atoms with E-state index in [-0.39, 0.29) is 14.9 Å². The summed E-state index contributed by atoms with van der Waals surface area (Å²) in [5.74, 6) is 0.577. The molecule has 0 N–H and O–H groups in total. The van der Waals surface area contributed by atoms with Crippen molar-refractivity contribution >= 4 is 39.2 Å². The third-order valence-corrected chi connectivity index (χ3v) is 8.52. The molecule has 7 aromatic carbocycles. The molecular formula is C43H44SiZr-4. The number of hydrogen-bond donors (Lipinski definition) is 0. The van der Waals surface area contributed by atoms with Crippen molar-refractivity contribution in [1.82, 2.24) is 0 Å². The Labute approximate surface area is 288 Å². The number of aryl methyl sites for hydroxylation is 4. The summed E-state index contributed by atoms with van der Waals surface area (Å²) in [7, 11) is 0. The van der Waals surface area contributed by atoms with Gasteiger partial charge in [0.25, 0.3) is 0 Å². The monoisotopic (exact) mass is 678 g/mol. The van der Waals surface area contributed by atoms with Crippen LogP contribution in [0.3, 0.4) is 0 Å². The third-order valence-electron chi connectivity index (χ3n) is 8.52. The minimum absolute atomic E-state index is 0. The molecule has 0 saturated heterocycles. The van der Waals surface area contributed by atoms with Crippen LogP contribution in [-0.2, 0) is 23.3 Å². The van der Waals surface area contributed by atoms with Crippen molar-refractivity contribution in [3.63, 3.8) is 0 Å². The Morgan fingerprint density at radius 2 is 1.16 bits per heavy atom. The van der Waals surface area contributed by atoms with Crippen LogP contribution in [0.5, 0.6) is 0 Å². The zero-order chi connectivity index (χ0) is 30.7. The van der Waals surface area contributed by atoms with Gasteiger partial charge in [0.2, 0.25) is 0 Å². The number of rotatable bonds is 3. The molecule has 0 aliphatic heterocycles. The third kappa shape index (κ3) is 7.40. The maximum absolute atomic E-state index is 3.06. The fourth-order valence-electron chi connectivity index (χ4n) is 6.33. The van der Waals surface area contributed by atoms with Gasteiger partial charge in [0, 0.05) is 0 Å². The van der Waals surface area contributed by atoms with E-state index >= 15 is 0 Å². The molecular weight excluding hydrogens is 636 g/mol. The molecule has 0 amide bonds. The molecule has 7 rings (SSSR count). The van der Waals surface area contributed by atoms with E-state index in [0.717, 1.165) is 0 Å². The molecule has 0 fully saturated rings. The predicted octanol–water partition coefficient (Wildman–Crippen LogP) is 12.5. The Morgan fingerprint density at radius 1 is 0.556 bits per heavy atom. The van der Waals surface area contributed by atoms with E-state index in [2.05, 4.69) is 164 Å². The van der Waals surface area contributed by atoms with E-state index in [1.165, 1.54) is 106 Å². The van der Waals surface area contributed by atoms with Gasteiger partial charge in [-0.2, -0.15) is 12.1 Å².